The molecule has 4 N–H and O–H groups in total. The lowest BCUT2D eigenvalue weighted by atomic mass is 10.0. The third-order valence-corrected chi connectivity index (χ3v) is 3.13. The fraction of sp³-hybridized carbons (Fsp3) is 0.308. The predicted octanol–water partition coefficient (Wildman–Crippen LogP) is 2.22. The van der Waals surface area contributed by atoms with E-state index in [0.717, 1.165) is 0 Å². The Morgan fingerprint density at radius 2 is 1.84 bits per heavy atom. The number of nitrogens with two attached hydrogens (primary N) is 1. The van der Waals surface area contributed by atoms with E-state index >= 15 is 0 Å². The molecule has 0 bridgehead atoms. The molecule has 6 heteroatoms. The summed E-state index contributed by atoms with van der Waals surface area (Å²) in [7, 11) is 0. The summed E-state index contributed by atoms with van der Waals surface area (Å²) >= 11 is 0. The van der Waals surface area contributed by atoms with Gasteiger partial charge in [0.1, 0.15) is 5.75 Å². The average molecular weight is 265 g/mol. The lowest BCUT2D eigenvalue weighted by Gasteiger charge is -2.06. The monoisotopic (exact) mass is 265 g/mol. The van der Waals surface area contributed by atoms with E-state index in [4.69, 9.17) is 14.9 Å². The number of carbonyl (C=O) groups is 1. The number of furan rings is 1. The summed E-state index contributed by atoms with van der Waals surface area (Å²) in [4.78, 5) is 11.7. The van der Waals surface area contributed by atoms with Crippen molar-refractivity contribution < 1.29 is 24.2 Å². The van der Waals surface area contributed by atoms with Crippen LogP contribution in [0.3, 0.4) is 0 Å². The van der Waals surface area contributed by atoms with Crippen molar-refractivity contribution in [2.45, 2.75) is 20.8 Å². The molecule has 0 aliphatic carbocycles. The molecule has 0 radical (unpaired) electrons. The van der Waals surface area contributed by atoms with Gasteiger partial charge in [0, 0.05) is 5.56 Å². The molecule has 0 spiro atoms. The molecule has 0 aliphatic heterocycles. The van der Waals surface area contributed by atoms with E-state index in [-0.39, 0.29) is 40.5 Å². The number of anilines is 1. The Morgan fingerprint density at radius 1 is 1.26 bits per heavy atom. The van der Waals surface area contributed by atoms with Gasteiger partial charge in [-0.1, -0.05) is 0 Å². The molecular formula is C13H15NO5. The number of aromatic hydroxyl groups is 2. The zero-order chi connectivity index (χ0) is 14.3. The second-order valence-electron chi connectivity index (χ2n) is 4.22. The molecule has 19 heavy (non-hydrogen) atoms. The Kier molecular flexibility index (Phi) is 3.01. The molecule has 102 valence electrons. The van der Waals surface area contributed by atoms with Crippen molar-refractivity contribution in [3.8, 4) is 11.5 Å². The summed E-state index contributed by atoms with van der Waals surface area (Å²) < 4.78 is 10.1. The molecule has 2 rings (SSSR count). The second kappa shape index (κ2) is 4.38. The van der Waals surface area contributed by atoms with Crippen LogP contribution in [0.1, 0.15) is 28.6 Å². The highest BCUT2D eigenvalue weighted by Crippen LogP contribution is 2.44. The molecule has 0 aliphatic rings. The molecule has 1 aromatic heterocycles. The van der Waals surface area contributed by atoms with Crippen molar-refractivity contribution in [2.75, 3.05) is 12.3 Å². The molecule has 0 unspecified atom stereocenters. The van der Waals surface area contributed by atoms with E-state index in [0.29, 0.717) is 11.1 Å². The van der Waals surface area contributed by atoms with E-state index in [1.807, 2.05) is 0 Å². The lowest BCUT2D eigenvalue weighted by Crippen LogP contribution is -2.05. The Balaban J connectivity index is 2.81. The standard InChI is InChI=1S/C13H15NO5/c1-4-18-13(17)12-8(14)7-9(15)5(2)6(3)10(16)11(7)19-12/h15-16H,4,14H2,1-3H3. The SMILES string of the molecule is CCOC(=O)c1oc2c(O)c(C)c(C)c(O)c2c1N. The first-order valence-corrected chi connectivity index (χ1v) is 5.80. The van der Waals surface area contributed by atoms with Crippen LogP contribution in [0.5, 0.6) is 11.5 Å². The van der Waals surface area contributed by atoms with Crippen molar-refractivity contribution in [2.24, 2.45) is 0 Å². The molecule has 0 atom stereocenters. The Morgan fingerprint density at radius 3 is 2.42 bits per heavy atom. The Labute approximate surface area is 109 Å². The number of carbonyl (C=O) groups excluding carboxylic acids is 1. The summed E-state index contributed by atoms with van der Waals surface area (Å²) in [5.41, 5.74) is 6.69. The minimum absolute atomic E-state index is 0.0128. The van der Waals surface area contributed by atoms with E-state index in [1.165, 1.54) is 0 Å². The molecule has 0 fully saturated rings. The van der Waals surface area contributed by atoms with Gasteiger partial charge in [0.15, 0.2) is 11.3 Å². The van der Waals surface area contributed by atoms with Crippen LogP contribution < -0.4 is 5.73 Å². The molecule has 1 heterocycles. The fourth-order valence-electron chi connectivity index (χ4n) is 1.91. The van der Waals surface area contributed by atoms with E-state index in [2.05, 4.69) is 0 Å². The maximum atomic E-state index is 11.7. The number of ether oxygens (including phenoxy) is 1. The van der Waals surface area contributed by atoms with Gasteiger partial charge in [-0.2, -0.15) is 0 Å². The van der Waals surface area contributed by atoms with Crippen LogP contribution in [0, 0.1) is 13.8 Å². The number of hydrogen-bond donors (Lipinski definition) is 3. The smallest absolute Gasteiger partial charge is 0.376 e. The summed E-state index contributed by atoms with van der Waals surface area (Å²) in [5.74, 6) is -1.20. The number of esters is 1. The molecule has 0 saturated heterocycles. The minimum atomic E-state index is -0.731. The van der Waals surface area contributed by atoms with Crippen LogP contribution in [0.25, 0.3) is 11.0 Å². The predicted molar refractivity (Wildman–Crippen MR) is 69.4 cm³/mol. The number of fused-ring (bicyclic) bond motifs is 1. The van der Waals surface area contributed by atoms with Crippen LogP contribution in [0.15, 0.2) is 4.42 Å². The largest absolute Gasteiger partial charge is 0.507 e. The maximum absolute atomic E-state index is 11.7. The Hall–Kier alpha value is -2.37. The molecule has 0 amide bonds. The normalized spacial score (nSPS) is 10.9. The summed E-state index contributed by atoms with van der Waals surface area (Å²) in [5, 5.41) is 20.2. The van der Waals surface area contributed by atoms with Crippen molar-refractivity contribution >= 4 is 22.6 Å². The maximum Gasteiger partial charge on any atom is 0.376 e. The third-order valence-electron chi connectivity index (χ3n) is 3.13. The van der Waals surface area contributed by atoms with Crippen LogP contribution in [-0.4, -0.2) is 22.8 Å². The first-order valence-electron chi connectivity index (χ1n) is 5.80. The zero-order valence-electron chi connectivity index (χ0n) is 10.9. The van der Waals surface area contributed by atoms with Gasteiger partial charge >= 0.3 is 5.97 Å². The fourth-order valence-corrected chi connectivity index (χ4v) is 1.91. The van der Waals surface area contributed by atoms with E-state index < -0.39 is 5.97 Å². The number of nitrogen functional groups attached to an aromatic ring is 1. The lowest BCUT2D eigenvalue weighted by molar-refractivity contribution is 0.0494. The Bertz CT molecular complexity index is 672. The van der Waals surface area contributed by atoms with Crippen LogP contribution >= 0.6 is 0 Å². The first-order chi connectivity index (χ1) is 8.90. The third kappa shape index (κ3) is 1.76. The summed E-state index contributed by atoms with van der Waals surface area (Å²) in [6.07, 6.45) is 0. The van der Waals surface area contributed by atoms with E-state index in [9.17, 15) is 15.0 Å². The van der Waals surface area contributed by atoms with Crippen LogP contribution in [0.2, 0.25) is 0 Å². The van der Waals surface area contributed by atoms with Gasteiger partial charge in [0.2, 0.25) is 5.76 Å². The van der Waals surface area contributed by atoms with Gasteiger partial charge in [0.05, 0.1) is 17.7 Å². The number of hydrogen-bond acceptors (Lipinski definition) is 6. The topological polar surface area (TPSA) is 106 Å². The van der Waals surface area contributed by atoms with Gasteiger partial charge in [0.25, 0.3) is 0 Å². The summed E-state index contributed by atoms with van der Waals surface area (Å²) in [6.45, 7) is 5.10. The number of rotatable bonds is 2. The van der Waals surface area contributed by atoms with E-state index in [1.54, 1.807) is 20.8 Å². The van der Waals surface area contributed by atoms with Crippen LogP contribution in [-0.2, 0) is 4.74 Å². The zero-order valence-corrected chi connectivity index (χ0v) is 10.9. The van der Waals surface area contributed by atoms with Gasteiger partial charge in [-0.25, -0.2) is 4.79 Å². The van der Waals surface area contributed by atoms with Gasteiger partial charge in [-0.05, 0) is 26.3 Å². The highest BCUT2D eigenvalue weighted by Gasteiger charge is 2.26. The molecule has 6 nitrogen and oxygen atoms in total. The van der Waals surface area contributed by atoms with Crippen molar-refractivity contribution in [3.63, 3.8) is 0 Å². The summed E-state index contributed by atoms with van der Waals surface area (Å²) in [6, 6.07) is 0. The number of benzene rings is 1. The number of phenolic OH excluding ortho intramolecular Hbond substituents is 2. The van der Waals surface area contributed by atoms with Crippen LogP contribution in [0.4, 0.5) is 5.69 Å². The molecule has 2 aromatic rings. The highest BCUT2D eigenvalue weighted by molar-refractivity contribution is 6.08. The molecular weight excluding hydrogens is 250 g/mol. The van der Waals surface area contributed by atoms with Crippen molar-refractivity contribution in [1.82, 2.24) is 0 Å². The minimum Gasteiger partial charge on any atom is -0.507 e. The van der Waals surface area contributed by atoms with Crippen molar-refractivity contribution in [3.05, 3.63) is 16.9 Å². The second-order valence-corrected chi connectivity index (χ2v) is 4.22. The molecule has 0 saturated carbocycles. The number of phenols is 2. The van der Waals surface area contributed by atoms with Gasteiger partial charge in [-0.3, -0.25) is 0 Å². The average Bonchev–Trinajstić information content (AvgIpc) is 2.72. The van der Waals surface area contributed by atoms with Gasteiger partial charge < -0.3 is 25.1 Å². The first kappa shape index (κ1) is 13.1. The quantitative estimate of drug-likeness (QED) is 0.568. The highest BCUT2D eigenvalue weighted by atomic mass is 16.5. The van der Waals surface area contributed by atoms with Gasteiger partial charge in [-0.15, -0.1) is 0 Å². The molecule has 1 aromatic carbocycles. The van der Waals surface area contributed by atoms with Crippen molar-refractivity contribution in [1.29, 1.82) is 0 Å².